The molecule has 0 atom stereocenters. The van der Waals surface area contributed by atoms with Crippen LogP contribution in [0.3, 0.4) is 0 Å². The van der Waals surface area contributed by atoms with E-state index in [1.54, 1.807) is 30.8 Å². The first-order chi connectivity index (χ1) is 8.61. The molecule has 0 aliphatic heterocycles. The fourth-order valence-corrected chi connectivity index (χ4v) is 2.01. The fraction of sp³-hybridized carbons (Fsp3) is 0.143. The molecule has 0 aliphatic carbocycles. The molecule has 0 unspecified atom stereocenters. The maximum atomic E-state index is 11.5. The van der Waals surface area contributed by atoms with E-state index in [0.29, 0.717) is 17.0 Å². The third-order valence-electron chi connectivity index (χ3n) is 2.75. The number of rotatable bonds is 3. The molecular formula is C14H14N2OS. The van der Waals surface area contributed by atoms with Crippen LogP contribution in [-0.4, -0.2) is 17.0 Å². The summed E-state index contributed by atoms with van der Waals surface area (Å²) in [6.07, 6.45) is 2.01. The SMILES string of the molecule is CSc1ccc(C(=N)c2ccc(C)c(=O)[nH]2)cc1. The quantitative estimate of drug-likeness (QED) is 0.657. The van der Waals surface area contributed by atoms with Gasteiger partial charge in [-0.2, -0.15) is 0 Å². The van der Waals surface area contributed by atoms with Crippen molar-refractivity contribution in [1.29, 1.82) is 5.41 Å². The van der Waals surface area contributed by atoms with Crippen LogP contribution in [0, 0.1) is 12.3 Å². The summed E-state index contributed by atoms with van der Waals surface area (Å²) in [5.74, 6) is 0. The van der Waals surface area contributed by atoms with Crippen molar-refractivity contribution in [2.75, 3.05) is 6.26 Å². The lowest BCUT2D eigenvalue weighted by Crippen LogP contribution is -2.15. The summed E-state index contributed by atoms with van der Waals surface area (Å²) >= 11 is 1.66. The van der Waals surface area contributed by atoms with Gasteiger partial charge in [0, 0.05) is 16.0 Å². The Kier molecular flexibility index (Phi) is 3.67. The number of aromatic amines is 1. The smallest absolute Gasteiger partial charge is 0.251 e. The molecule has 0 aliphatic rings. The minimum atomic E-state index is -0.141. The number of benzene rings is 1. The van der Waals surface area contributed by atoms with Gasteiger partial charge < -0.3 is 4.98 Å². The van der Waals surface area contributed by atoms with E-state index in [2.05, 4.69) is 4.98 Å². The monoisotopic (exact) mass is 258 g/mol. The predicted octanol–water partition coefficient (Wildman–Crippen LogP) is 2.82. The van der Waals surface area contributed by atoms with Crippen LogP contribution in [0.1, 0.15) is 16.8 Å². The summed E-state index contributed by atoms with van der Waals surface area (Å²) in [7, 11) is 0. The van der Waals surface area contributed by atoms with E-state index >= 15 is 0 Å². The molecule has 0 radical (unpaired) electrons. The molecule has 1 aromatic heterocycles. The Morgan fingerprint density at radius 1 is 1.17 bits per heavy atom. The van der Waals surface area contributed by atoms with Gasteiger partial charge >= 0.3 is 0 Å². The second-order valence-corrected chi connectivity index (χ2v) is 4.87. The molecule has 18 heavy (non-hydrogen) atoms. The van der Waals surface area contributed by atoms with Gasteiger partial charge in [0.1, 0.15) is 0 Å². The highest BCUT2D eigenvalue weighted by molar-refractivity contribution is 7.98. The van der Waals surface area contributed by atoms with E-state index in [9.17, 15) is 4.79 Å². The van der Waals surface area contributed by atoms with Gasteiger partial charge in [0.05, 0.1) is 11.4 Å². The van der Waals surface area contributed by atoms with Crippen LogP contribution in [-0.2, 0) is 0 Å². The van der Waals surface area contributed by atoms with Crippen LogP contribution in [0.5, 0.6) is 0 Å². The van der Waals surface area contributed by atoms with Gasteiger partial charge in [-0.3, -0.25) is 10.2 Å². The van der Waals surface area contributed by atoms with Crippen LogP contribution >= 0.6 is 11.8 Å². The lowest BCUT2D eigenvalue weighted by Gasteiger charge is -2.05. The van der Waals surface area contributed by atoms with Crippen molar-refractivity contribution in [1.82, 2.24) is 4.98 Å². The van der Waals surface area contributed by atoms with Crippen molar-refractivity contribution in [3.63, 3.8) is 0 Å². The minimum Gasteiger partial charge on any atom is -0.320 e. The van der Waals surface area contributed by atoms with E-state index in [1.165, 1.54) is 0 Å². The van der Waals surface area contributed by atoms with Crippen LogP contribution < -0.4 is 5.56 Å². The van der Waals surface area contributed by atoms with Crippen LogP contribution in [0.25, 0.3) is 0 Å². The van der Waals surface area contributed by atoms with E-state index in [1.807, 2.05) is 30.5 Å². The maximum Gasteiger partial charge on any atom is 0.251 e. The lowest BCUT2D eigenvalue weighted by molar-refractivity contribution is 1.15. The fourth-order valence-electron chi connectivity index (χ4n) is 1.61. The van der Waals surface area contributed by atoms with Crippen molar-refractivity contribution in [3.8, 4) is 0 Å². The van der Waals surface area contributed by atoms with Crippen molar-refractivity contribution >= 4 is 17.5 Å². The zero-order valence-electron chi connectivity index (χ0n) is 10.3. The average Bonchev–Trinajstić information content (AvgIpc) is 2.41. The standard InChI is InChI=1S/C14H14N2OS/c1-9-3-8-12(16-14(9)17)13(15)10-4-6-11(18-2)7-5-10/h3-8,15H,1-2H3,(H,16,17). The van der Waals surface area contributed by atoms with Gasteiger partial charge in [-0.15, -0.1) is 11.8 Å². The molecule has 2 N–H and O–H groups in total. The van der Waals surface area contributed by atoms with Gasteiger partial charge in [0.2, 0.25) is 0 Å². The zero-order chi connectivity index (χ0) is 13.1. The number of aryl methyl sites for hydroxylation is 1. The first kappa shape index (κ1) is 12.6. The third kappa shape index (κ3) is 2.54. The van der Waals surface area contributed by atoms with Gasteiger partial charge in [-0.25, -0.2) is 0 Å². The normalized spacial score (nSPS) is 10.3. The maximum absolute atomic E-state index is 11.5. The number of hydrogen-bond acceptors (Lipinski definition) is 3. The highest BCUT2D eigenvalue weighted by Gasteiger charge is 2.06. The number of thioether (sulfide) groups is 1. The van der Waals surface area contributed by atoms with Gasteiger partial charge in [0.15, 0.2) is 0 Å². The Hall–Kier alpha value is -1.81. The molecule has 0 bridgehead atoms. The third-order valence-corrected chi connectivity index (χ3v) is 3.50. The Morgan fingerprint density at radius 3 is 2.39 bits per heavy atom. The second-order valence-electron chi connectivity index (χ2n) is 3.99. The molecule has 92 valence electrons. The van der Waals surface area contributed by atoms with E-state index < -0.39 is 0 Å². The van der Waals surface area contributed by atoms with Gasteiger partial charge in [0.25, 0.3) is 5.56 Å². The van der Waals surface area contributed by atoms with Crippen molar-refractivity contribution in [2.24, 2.45) is 0 Å². The highest BCUT2D eigenvalue weighted by Crippen LogP contribution is 2.16. The first-order valence-electron chi connectivity index (χ1n) is 5.55. The number of aromatic nitrogens is 1. The lowest BCUT2D eigenvalue weighted by atomic mass is 10.1. The van der Waals surface area contributed by atoms with Crippen LogP contribution in [0.2, 0.25) is 0 Å². The van der Waals surface area contributed by atoms with E-state index in [4.69, 9.17) is 5.41 Å². The molecule has 3 nitrogen and oxygen atoms in total. The molecule has 4 heteroatoms. The summed E-state index contributed by atoms with van der Waals surface area (Å²) in [4.78, 5) is 15.4. The number of pyridine rings is 1. The van der Waals surface area contributed by atoms with Crippen LogP contribution in [0.15, 0.2) is 46.1 Å². The Morgan fingerprint density at radius 2 is 1.83 bits per heavy atom. The van der Waals surface area contributed by atoms with Crippen molar-refractivity contribution in [2.45, 2.75) is 11.8 Å². The Balaban J connectivity index is 2.35. The van der Waals surface area contributed by atoms with E-state index in [-0.39, 0.29) is 5.56 Å². The topological polar surface area (TPSA) is 56.7 Å². The molecule has 0 amide bonds. The van der Waals surface area contributed by atoms with Gasteiger partial charge in [-0.1, -0.05) is 18.2 Å². The molecule has 0 saturated heterocycles. The number of H-pyrrole nitrogens is 1. The molecule has 1 aromatic carbocycles. The summed E-state index contributed by atoms with van der Waals surface area (Å²) in [6, 6.07) is 11.2. The molecule has 0 fully saturated rings. The predicted molar refractivity (Wildman–Crippen MR) is 76.0 cm³/mol. The van der Waals surface area contributed by atoms with E-state index in [0.717, 1.165) is 10.5 Å². The molecule has 2 aromatic rings. The molecule has 2 rings (SSSR count). The summed E-state index contributed by atoms with van der Waals surface area (Å²) in [5.41, 5.74) is 2.19. The Labute approximate surface area is 110 Å². The molecule has 0 saturated carbocycles. The second kappa shape index (κ2) is 5.23. The summed E-state index contributed by atoms with van der Waals surface area (Å²) in [6.45, 7) is 1.75. The summed E-state index contributed by atoms with van der Waals surface area (Å²) < 4.78 is 0. The van der Waals surface area contributed by atoms with Crippen molar-refractivity contribution in [3.05, 3.63) is 63.6 Å². The Bertz CT molecular complexity index is 629. The first-order valence-corrected chi connectivity index (χ1v) is 6.77. The zero-order valence-corrected chi connectivity index (χ0v) is 11.1. The minimum absolute atomic E-state index is 0.141. The van der Waals surface area contributed by atoms with Gasteiger partial charge in [-0.05, 0) is 31.4 Å². The number of hydrogen-bond donors (Lipinski definition) is 2. The van der Waals surface area contributed by atoms with Crippen LogP contribution in [0.4, 0.5) is 0 Å². The molecular weight excluding hydrogens is 244 g/mol. The molecule has 0 spiro atoms. The highest BCUT2D eigenvalue weighted by atomic mass is 32.2. The molecule has 1 heterocycles. The largest absolute Gasteiger partial charge is 0.320 e. The number of nitrogens with one attached hydrogen (secondary N) is 2. The summed E-state index contributed by atoms with van der Waals surface area (Å²) in [5, 5.41) is 8.09. The average molecular weight is 258 g/mol. The van der Waals surface area contributed by atoms with Crippen molar-refractivity contribution < 1.29 is 0 Å².